The summed E-state index contributed by atoms with van der Waals surface area (Å²) in [5, 5.41) is 9.75. The standard InChI is InChI=1S/C26H31N5O3S/c32-24(30(22-10-5-2-6-11-22)18-21-8-3-1-4-9-21)20-35-26-28-27-25(29-13-16-33-17-14-29)31(26)19-23-12-7-15-34-23/h1-6,8-11,23H,7,12-20H2/t23-/m0/s1. The first-order chi connectivity index (χ1) is 17.3. The minimum absolute atomic E-state index is 0.0321. The highest BCUT2D eigenvalue weighted by Gasteiger charge is 2.26. The van der Waals surface area contributed by atoms with Crippen molar-refractivity contribution >= 4 is 29.3 Å². The number of ether oxygens (including phenoxy) is 2. The molecule has 2 saturated heterocycles. The molecule has 1 aromatic heterocycles. The number of carbonyl (C=O) groups excluding carboxylic acids is 1. The van der Waals surface area contributed by atoms with Gasteiger partial charge in [0.25, 0.3) is 0 Å². The van der Waals surface area contributed by atoms with Crippen molar-refractivity contribution in [3.63, 3.8) is 0 Å². The summed E-state index contributed by atoms with van der Waals surface area (Å²) in [5.41, 5.74) is 1.97. The van der Waals surface area contributed by atoms with E-state index in [1.165, 1.54) is 11.8 Å². The van der Waals surface area contributed by atoms with Crippen LogP contribution >= 0.6 is 11.8 Å². The third kappa shape index (κ3) is 6.04. The zero-order chi connectivity index (χ0) is 23.9. The van der Waals surface area contributed by atoms with Gasteiger partial charge in [-0.1, -0.05) is 60.3 Å². The zero-order valence-electron chi connectivity index (χ0n) is 19.8. The molecule has 3 aromatic rings. The monoisotopic (exact) mass is 493 g/mol. The van der Waals surface area contributed by atoms with Crippen LogP contribution in [0.3, 0.4) is 0 Å². The topological polar surface area (TPSA) is 72.7 Å². The molecule has 0 bridgehead atoms. The van der Waals surface area contributed by atoms with Gasteiger partial charge in [0.05, 0.1) is 38.2 Å². The third-order valence-corrected chi connectivity index (χ3v) is 7.23. The van der Waals surface area contributed by atoms with E-state index in [-0.39, 0.29) is 17.8 Å². The average Bonchev–Trinajstić information content (AvgIpc) is 3.58. The Bertz CT molecular complexity index is 1080. The molecule has 1 amide bonds. The van der Waals surface area contributed by atoms with E-state index >= 15 is 0 Å². The first-order valence-corrected chi connectivity index (χ1v) is 13.2. The lowest BCUT2D eigenvalue weighted by molar-refractivity contribution is -0.116. The molecule has 5 rings (SSSR count). The molecule has 8 nitrogen and oxygen atoms in total. The molecule has 3 heterocycles. The predicted molar refractivity (Wildman–Crippen MR) is 137 cm³/mol. The van der Waals surface area contributed by atoms with Crippen LogP contribution in [0.15, 0.2) is 65.8 Å². The number of rotatable bonds is 9. The lowest BCUT2D eigenvalue weighted by Gasteiger charge is -2.28. The normalized spacial score (nSPS) is 18.1. The van der Waals surface area contributed by atoms with Gasteiger partial charge >= 0.3 is 0 Å². The van der Waals surface area contributed by atoms with Crippen LogP contribution in [0.2, 0.25) is 0 Å². The lowest BCUT2D eigenvalue weighted by Crippen LogP contribution is -2.38. The Balaban J connectivity index is 1.33. The van der Waals surface area contributed by atoms with Gasteiger partial charge in [-0.25, -0.2) is 0 Å². The Labute approximate surface area is 210 Å². The van der Waals surface area contributed by atoms with Crippen LogP contribution in [0.25, 0.3) is 0 Å². The number of aromatic nitrogens is 3. The van der Waals surface area contributed by atoms with E-state index in [4.69, 9.17) is 9.47 Å². The largest absolute Gasteiger partial charge is 0.378 e. The highest BCUT2D eigenvalue weighted by Crippen LogP contribution is 2.27. The number of thioether (sulfide) groups is 1. The molecule has 2 aliphatic heterocycles. The van der Waals surface area contributed by atoms with Gasteiger partial charge in [0.1, 0.15) is 0 Å². The maximum absolute atomic E-state index is 13.5. The molecule has 0 aliphatic carbocycles. The van der Waals surface area contributed by atoms with Gasteiger partial charge in [-0.2, -0.15) is 0 Å². The van der Waals surface area contributed by atoms with Gasteiger partial charge in [-0.15, -0.1) is 10.2 Å². The second-order valence-electron chi connectivity index (χ2n) is 8.72. The fraction of sp³-hybridized carbons (Fsp3) is 0.423. The van der Waals surface area contributed by atoms with E-state index < -0.39 is 0 Å². The number of hydrogen-bond donors (Lipinski definition) is 0. The van der Waals surface area contributed by atoms with E-state index in [1.54, 1.807) is 0 Å². The minimum Gasteiger partial charge on any atom is -0.378 e. The van der Waals surface area contributed by atoms with Crippen molar-refractivity contribution in [3.05, 3.63) is 66.2 Å². The Morgan fingerprint density at radius 2 is 1.74 bits per heavy atom. The Morgan fingerprint density at radius 1 is 1.00 bits per heavy atom. The molecular weight excluding hydrogens is 462 g/mol. The summed E-state index contributed by atoms with van der Waals surface area (Å²) >= 11 is 1.44. The number of anilines is 2. The number of morpholine rings is 1. The van der Waals surface area contributed by atoms with Crippen molar-refractivity contribution in [2.45, 2.75) is 37.2 Å². The van der Waals surface area contributed by atoms with Gasteiger partial charge in [-0.3, -0.25) is 9.36 Å². The zero-order valence-corrected chi connectivity index (χ0v) is 20.6. The predicted octanol–water partition coefficient (Wildman–Crippen LogP) is 3.62. The summed E-state index contributed by atoms with van der Waals surface area (Å²) in [6.45, 7) is 4.94. The number of benzene rings is 2. The fourth-order valence-electron chi connectivity index (χ4n) is 4.44. The van der Waals surface area contributed by atoms with Crippen molar-refractivity contribution in [3.8, 4) is 0 Å². The van der Waals surface area contributed by atoms with Crippen molar-refractivity contribution in [1.29, 1.82) is 0 Å². The molecule has 0 N–H and O–H groups in total. The number of amides is 1. The Morgan fingerprint density at radius 3 is 2.46 bits per heavy atom. The number of nitrogens with zero attached hydrogens (tertiary/aromatic N) is 5. The highest BCUT2D eigenvalue weighted by molar-refractivity contribution is 7.99. The smallest absolute Gasteiger partial charge is 0.237 e. The van der Waals surface area contributed by atoms with Gasteiger partial charge < -0.3 is 19.3 Å². The fourth-order valence-corrected chi connectivity index (χ4v) is 5.26. The molecule has 1 atom stereocenters. The molecule has 2 fully saturated rings. The van der Waals surface area contributed by atoms with Crippen molar-refractivity contribution in [2.75, 3.05) is 48.5 Å². The summed E-state index contributed by atoms with van der Waals surface area (Å²) < 4.78 is 13.6. The van der Waals surface area contributed by atoms with Crippen LogP contribution in [0.1, 0.15) is 18.4 Å². The molecule has 0 saturated carbocycles. The Kier molecular flexibility index (Phi) is 7.97. The summed E-state index contributed by atoms with van der Waals surface area (Å²) in [4.78, 5) is 17.5. The van der Waals surface area contributed by atoms with Gasteiger partial charge in [0.15, 0.2) is 5.16 Å². The van der Waals surface area contributed by atoms with E-state index in [0.29, 0.717) is 26.3 Å². The SMILES string of the molecule is O=C(CSc1nnc(N2CCOCC2)n1C[C@@H]1CCCO1)N(Cc1ccccc1)c1ccccc1. The van der Waals surface area contributed by atoms with Crippen molar-refractivity contribution in [1.82, 2.24) is 14.8 Å². The van der Waals surface area contributed by atoms with Crippen LogP contribution < -0.4 is 9.80 Å². The van der Waals surface area contributed by atoms with Crippen LogP contribution in [0.4, 0.5) is 11.6 Å². The van der Waals surface area contributed by atoms with Gasteiger partial charge in [-0.05, 0) is 30.5 Å². The molecule has 184 valence electrons. The lowest BCUT2D eigenvalue weighted by atomic mass is 10.2. The van der Waals surface area contributed by atoms with Crippen LogP contribution in [0.5, 0.6) is 0 Å². The maximum atomic E-state index is 13.5. The molecule has 2 aliphatic rings. The van der Waals surface area contributed by atoms with Crippen LogP contribution in [-0.2, 0) is 27.4 Å². The first kappa shape index (κ1) is 23.8. The quantitative estimate of drug-likeness (QED) is 0.422. The summed E-state index contributed by atoms with van der Waals surface area (Å²) in [5.74, 6) is 1.14. The van der Waals surface area contributed by atoms with Gasteiger partial charge in [0.2, 0.25) is 11.9 Å². The second kappa shape index (κ2) is 11.7. The van der Waals surface area contributed by atoms with Gasteiger partial charge in [0, 0.05) is 25.4 Å². The number of para-hydroxylation sites is 1. The molecule has 9 heteroatoms. The average molecular weight is 494 g/mol. The minimum atomic E-state index is 0.0321. The molecule has 0 radical (unpaired) electrons. The molecule has 0 unspecified atom stereocenters. The first-order valence-electron chi connectivity index (χ1n) is 12.2. The summed E-state index contributed by atoms with van der Waals surface area (Å²) in [6.07, 6.45) is 2.26. The third-order valence-electron chi connectivity index (χ3n) is 6.28. The molecule has 35 heavy (non-hydrogen) atoms. The van der Waals surface area contributed by atoms with E-state index in [0.717, 1.165) is 54.9 Å². The Hall–Kier alpha value is -2.88. The van der Waals surface area contributed by atoms with E-state index in [1.807, 2.05) is 65.6 Å². The van der Waals surface area contributed by atoms with Crippen molar-refractivity contribution in [2.24, 2.45) is 0 Å². The number of hydrogen-bond acceptors (Lipinski definition) is 7. The highest BCUT2D eigenvalue weighted by atomic mass is 32.2. The summed E-state index contributed by atoms with van der Waals surface area (Å²) in [6, 6.07) is 19.9. The van der Waals surface area contributed by atoms with E-state index in [9.17, 15) is 4.79 Å². The summed E-state index contributed by atoms with van der Waals surface area (Å²) in [7, 11) is 0. The molecule has 2 aromatic carbocycles. The van der Waals surface area contributed by atoms with E-state index in [2.05, 4.69) is 19.7 Å². The van der Waals surface area contributed by atoms with Crippen LogP contribution in [-0.4, -0.2) is 65.4 Å². The molecule has 0 spiro atoms. The molecular formula is C26H31N5O3S. The van der Waals surface area contributed by atoms with Crippen molar-refractivity contribution < 1.29 is 14.3 Å². The second-order valence-corrected chi connectivity index (χ2v) is 9.66. The maximum Gasteiger partial charge on any atom is 0.237 e. The number of carbonyl (C=O) groups is 1. The van der Waals surface area contributed by atoms with Crippen LogP contribution in [0, 0.1) is 0 Å².